The summed E-state index contributed by atoms with van der Waals surface area (Å²) < 4.78 is 11.4. The van der Waals surface area contributed by atoms with Crippen LogP contribution in [0.3, 0.4) is 0 Å². The lowest BCUT2D eigenvalue weighted by Crippen LogP contribution is -3.14. The molecule has 0 unspecified atom stereocenters. The summed E-state index contributed by atoms with van der Waals surface area (Å²) in [5.74, 6) is 0.672. The van der Waals surface area contributed by atoms with Gasteiger partial charge in [0, 0.05) is 13.0 Å². The second-order valence-corrected chi connectivity index (χ2v) is 6.40. The summed E-state index contributed by atoms with van der Waals surface area (Å²) >= 11 is 0. The number of ether oxygens (including phenoxy) is 2. The third kappa shape index (κ3) is 4.53. The first-order valence-electron chi connectivity index (χ1n) is 8.48. The maximum Gasteiger partial charge on any atom is 0.101 e. The zero-order chi connectivity index (χ0) is 14.3. The predicted octanol–water partition coefficient (Wildman–Crippen LogP) is 1.33. The first-order chi connectivity index (χ1) is 10.4. The van der Waals surface area contributed by atoms with Crippen LogP contribution in [0.4, 0.5) is 0 Å². The van der Waals surface area contributed by atoms with Crippen LogP contribution in [0, 0.1) is 5.92 Å². The van der Waals surface area contributed by atoms with Crippen molar-refractivity contribution in [3.05, 3.63) is 35.9 Å². The second-order valence-electron chi connectivity index (χ2n) is 6.40. The van der Waals surface area contributed by atoms with Gasteiger partial charge in [-0.1, -0.05) is 30.3 Å². The molecule has 2 aliphatic heterocycles. The molecule has 2 atom stereocenters. The minimum atomic E-state index is 0.477. The third-order valence-corrected chi connectivity index (χ3v) is 4.90. The Morgan fingerprint density at radius 3 is 2.62 bits per heavy atom. The van der Waals surface area contributed by atoms with Crippen molar-refractivity contribution in [1.82, 2.24) is 0 Å². The van der Waals surface area contributed by atoms with E-state index in [-0.39, 0.29) is 0 Å². The molecule has 1 aromatic carbocycles. The van der Waals surface area contributed by atoms with Gasteiger partial charge >= 0.3 is 0 Å². The van der Waals surface area contributed by atoms with Gasteiger partial charge in [-0.25, -0.2) is 0 Å². The second kappa shape index (κ2) is 7.92. The van der Waals surface area contributed by atoms with Crippen molar-refractivity contribution in [1.29, 1.82) is 0 Å². The Balaban J connectivity index is 1.56. The number of nitrogens with one attached hydrogen (secondary N) is 1. The highest BCUT2D eigenvalue weighted by molar-refractivity contribution is 5.15. The number of hydrogen-bond acceptors (Lipinski definition) is 2. The highest BCUT2D eigenvalue weighted by atomic mass is 16.5. The topological polar surface area (TPSA) is 22.9 Å². The summed E-state index contributed by atoms with van der Waals surface area (Å²) in [7, 11) is 0. The van der Waals surface area contributed by atoms with Gasteiger partial charge in [-0.2, -0.15) is 0 Å². The van der Waals surface area contributed by atoms with E-state index in [2.05, 4.69) is 30.3 Å². The van der Waals surface area contributed by atoms with Crippen molar-refractivity contribution in [3.8, 4) is 0 Å². The van der Waals surface area contributed by atoms with Gasteiger partial charge in [0.15, 0.2) is 0 Å². The van der Waals surface area contributed by atoms with Crippen LogP contribution in [-0.4, -0.2) is 45.6 Å². The van der Waals surface area contributed by atoms with Crippen molar-refractivity contribution in [3.63, 3.8) is 0 Å². The largest absolute Gasteiger partial charge is 0.378 e. The van der Waals surface area contributed by atoms with Crippen molar-refractivity contribution in [2.24, 2.45) is 5.92 Å². The van der Waals surface area contributed by atoms with E-state index in [1.165, 1.54) is 44.5 Å². The third-order valence-electron chi connectivity index (χ3n) is 4.90. The lowest BCUT2D eigenvalue weighted by Gasteiger charge is -2.28. The van der Waals surface area contributed by atoms with Crippen LogP contribution >= 0.6 is 0 Å². The van der Waals surface area contributed by atoms with Gasteiger partial charge in [0.2, 0.25) is 0 Å². The van der Waals surface area contributed by atoms with Crippen LogP contribution in [0.5, 0.6) is 0 Å². The molecule has 0 radical (unpaired) electrons. The first kappa shape index (κ1) is 15.0. The Kier molecular flexibility index (Phi) is 5.67. The number of morpholine rings is 1. The molecule has 0 bridgehead atoms. The molecule has 0 spiro atoms. The number of benzene rings is 1. The Labute approximate surface area is 128 Å². The van der Waals surface area contributed by atoms with Crippen molar-refractivity contribution < 1.29 is 14.4 Å². The molecule has 3 heteroatoms. The Bertz CT molecular complexity index is 397. The van der Waals surface area contributed by atoms with Crippen LogP contribution < -0.4 is 4.90 Å². The molecule has 21 heavy (non-hydrogen) atoms. The molecular weight excluding hydrogens is 262 g/mol. The zero-order valence-corrected chi connectivity index (χ0v) is 12.9. The molecule has 3 rings (SSSR count). The van der Waals surface area contributed by atoms with Crippen LogP contribution in [0.15, 0.2) is 30.3 Å². The predicted molar refractivity (Wildman–Crippen MR) is 83.6 cm³/mol. The summed E-state index contributed by atoms with van der Waals surface area (Å²) in [4.78, 5) is 1.71. The van der Waals surface area contributed by atoms with E-state index in [0.29, 0.717) is 12.0 Å². The summed E-state index contributed by atoms with van der Waals surface area (Å²) in [6.45, 7) is 6.42. The fourth-order valence-electron chi connectivity index (χ4n) is 3.61. The van der Waals surface area contributed by atoms with Crippen LogP contribution in [0.25, 0.3) is 0 Å². The molecule has 0 aliphatic carbocycles. The molecule has 0 aromatic heterocycles. The molecule has 0 saturated carbocycles. The molecule has 116 valence electrons. The van der Waals surface area contributed by atoms with Crippen molar-refractivity contribution >= 4 is 0 Å². The maximum atomic E-state index is 5.99. The Hall–Kier alpha value is -0.900. The standard InChI is InChI=1S/C18H27NO2/c1-2-5-16(6-3-1)15-17(18-7-4-12-21-18)8-9-19-10-13-20-14-11-19/h1-3,5-6,17-18H,4,7-15H2/p+1/t17-,18+/m1/s1. The molecular formula is C18H28NO2+. The normalized spacial score (nSPS) is 25.0. The Morgan fingerprint density at radius 2 is 1.90 bits per heavy atom. The van der Waals surface area contributed by atoms with E-state index in [0.717, 1.165) is 26.2 Å². The van der Waals surface area contributed by atoms with Gasteiger partial charge in [-0.05, 0) is 30.7 Å². The molecule has 2 heterocycles. The van der Waals surface area contributed by atoms with Crippen LogP contribution in [0.2, 0.25) is 0 Å². The van der Waals surface area contributed by atoms with Crippen LogP contribution in [-0.2, 0) is 15.9 Å². The molecule has 1 aromatic rings. The average Bonchev–Trinajstić information content (AvgIpc) is 3.08. The van der Waals surface area contributed by atoms with Crippen molar-refractivity contribution in [2.45, 2.75) is 31.8 Å². The molecule has 2 fully saturated rings. The van der Waals surface area contributed by atoms with Gasteiger partial charge < -0.3 is 14.4 Å². The summed E-state index contributed by atoms with van der Waals surface area (Å²) in [5, 5.41) is 0. The summed E-state index contributed by atoms with van der Waals surface area (Å²) in [6, 6.07) is 10.9. The highest BCUT2D eigenvalue weighted by Gasteiger charge is 2.27. The van der Waals surface area contributed by atoms with Crippen molar-refractivity contribution in [2.75, 3.05) is 39.5 Å². The fourth-order valence-corrected chi connectivity index (χ4v) is 3.61. The van der Waals surface area contributed by atoms with Gasteiger partial charge in [-0.3, -0.25) is 0 Å². The van der Waals surface area contributed by atoms with E-state index in [4.69, 9.17) is 9.47 Å². The van der Waals surface area contributed by atoms with E-state index in [1.54, 1.807) is 4.90 Å². The van der Waals surface area contributed by atoms with Gasteiger partial charge in [0.25, 0.3) is 0 Å². The summed E-state index contributed by atoms with van der Waals surface area (Å²) in [6.07, 6.45) is 5.39. The fraction of sp³-hybridized carbons (Fsp3) is 0.667. The number of hydrogen-bond donors (Lipinski definition) is 1. The van der Waals surface area contributed by atoms with Gasteiger partial charge in [0.1, 0.15) is 13.1 Å². The molecule has 0 amide bonds. The average molecular weight is 290 g/mol. The minimum Gasteiger partial charge on any atom is -0.378 e. The molecule has 2 saturated heterocycles. The lowest BCUT2D eigenvalue weighted by atomic mass is 9.89. The van der Waals surface area contributed by atoms with E-state index in [9.17, 15) is 0 Å². The SMILES string of the molecule is c1ccc(C[C@@H](CC[NH+]2CCOCC2)[C@@H]2CCCO2)cc1. The zero-order valence-electron chi connectivity index (χ0n) is 12.9. The number of quaternary nitrogens is 1. The maximum absolute atomic E-state index is 5.99. The van der Waals surface area contributed by atoms with Gasteiger partial charge in [-0.15, -0.1) is 0 Å². The number of rotatable bonds is 6. The lowest BCUT2D eigenvalue weighted by molar-refractivity contribution is -0.908. The van der Waals surface area contributed by atoms with E-state index in [1.807, 2.05) is 0 Å². The molecule has 2 aliphatic rings. The van der Waals surface area contributed by atoms with Gasteiger partial charge in [0.05, 0.1) is 25.9 Å². The summed E-state index contributed by atoms with van der Waals surface area (Å²) in [5.41, 5.74) is 1.45. The quantitative estimate of drug-likeness (QED) is 0.854. The highest BCUT2D eigenvalue weighted by Crippen LogP contribution is 2.25. The van der Waals surface area contributed by atoms with Crippen LogP contribution in [0.1, 0.15) is 24.8 Å². The monoisotopic (exact) mass is 290 g/mol. The molecule has 3 nitrogen and oxygen atoms in total. The minimum absolute atomic E-state index is 0.477. The molecule has 1 N–H and O–H groups in total. The van der Waals surface area contributed by atoms with E-state index < -0.39 is 0 Å². The first-order valence-corrected chi connectivity index (χ1v) is 8.48. The smallest absolute Gasteiger partial charge is 0.101 e. The Morgan fingerprint density at radius 1 is 1.10 bits per heavy atom. The van der Waals surface area contributed by atoms with E-state index >= 15 is 0 Å².